The second-order valence-electron chi connectivity index (χ2n) is 6.86. The largest absolute Gasteiger partial charge is 0.236 e. The molecule has 1 atom stereocenters. The van der Waals surface area contributed by atoms with Crippen LogP contribution in [-0.4, -0.2) is 9.97 Å². The zero-order valence-electron chi connectivity index (χ0n) is 14.5. The molecule has 0 fully saturated rings. The van der Waals surface area contributed by atoms with Gasteiger partial charge >= 0.3 is 0 Å². The Labute approximate surface area is 140 Å². The molecule has 122 valence electrons. The second-order valence-corrected chi connectivity index (χ2v) is 6.86. The molecule has 0 aliphatic heterocycles. The van der Waals surface area contributed by atoms with Crippen molar-refractivity contribution in [2.75, 3.05) is 0 Å². The first kappa shape index (κ1) is 16.2. The molecule has 1 heterocycles. The molecule has 0 radical (unpaired) electrons. The Bertz CT molecular complexity index is 631. The topological polar surface area (TPSA) is 25.8 Å². The van der Waals surface area contributed by atoms with E-state index in [0.717, 1.165) is 23.7 Å². The van der Waals surface area contributed by atoms with Gasteiger partial charge in [0, 0.05) is 17.5 Å². The van der Waals surface area contributed by atoms with Crippen molar-refractivity contribution in [3.63, 3.8) is 0 Å². The fourth-order valence-corrected chi connectivity index (χ4v) is 3.58. The number of hydrogen-bond donors (Lipinski definition) is 0. The van der Waals surface area contributed by atoms with Gasteiger partial charge in [0.2, 0.25) is 0 Å². The molecule has 2 nitrogen and oxygen atoms in total. The maximum absolute atomic E-state index is 4.86. The summed E-state index contributed by atoms with van der Waals surface area (Å²) in [5, 5.41) is 0. The zero-order chi connectivity index (χ0) is 16.1. The third-order valence-electron chi connectivity index (χ3n) is 4.98. The van der Waals surface area contributed by atoms with Crippen molar-refractivity contribution in [1.29, 1.82) is 0 Å². The van der Waals surface area contributed by atoms with E-state index in [0.29, 0.717) is 0 Å². The predicted octanol–water partition coefficient (Wildman–Crippen LogP) is 5.39. The highest BCUT2D eigenvalue weighted by molar-refractivity contribution is 5.55. The van der Waals surface area contributed by atoms with Crippen LogP contribution in [0.2, 0.25) is 0 Å². The highest BCUT2D eigenvalue weighted by Gasteiger charge is 2.20. The first-order valence-corrected chi connectivity index (χ1v) is 9.24. The van der Waals surface area contributed by atoms with E-state index in [2.05, 4.69) is 49.3 Å². The van der Waals surface area contributed by atoms with Crippen molar-refractivity contribution >= 4 is 0 Å². The summed E-state index contributed by atoms with van der Waals surface area (Å²) in [5.74, 6) is 1.72. The summed E-state index contributed by atoms with van der Waals surface area (Å²) in [6.45, 7) is 4.51. The number of fused-ring (bicyclic) bond motifs is 1. The molecule has 1 unspecified atom stereocenters. The second kappa shape index (κ2) is 7.72. The molecule has 0 spiro atoms. The molecule has 1 aromatic heterocycles. The average Bonchev–Trinajstić information content (AvgIpc) is 2.60. The fourth-order valence-electron chi connectivity index (χ4n) is 3.58. The normalized spacial score (nSPS) is 17.0. The summed E-state index contributed by atoms with van der Waals surface area (Å²) >= 11 is 0. The molecule has 0 saturated heterocycles. The van der Waals surface area contributed by atoms with E-state index >= 15 is 0 Å². The molecule has 3 rings (SSSR count). The summed E-state index contributed by atoms with van der Waals surface area (Å²) in [5.41, 5.74) is 5.20. The van der Waals surface area contributed by atoms with Crippen LogP contribution in [0.4, 0.5) is 0 Å². The third kappa shape index (κ3) is 3.99. The van der Waals surface area contributed by atoms with Crippen LogP contribution < -0.4 is 0 Å². The van der Waals surface area contributed by atoms with E-state index < -0.39 is 0 Å². The van der Waals surface area contributed by atoms with Crippen LogP contribution >= 0.6 is 0 Å². The molecule has 1 aliphatic rings. The molecule has 1 aliphatic carbocycles. The molecule has 0 amide bonds. The third-order valence-corrected chi connectivity index (χ3v) is 4.98. The van der Waals surface area contributed by atoms with Gasteiger partial charge in [-0.2, -0.15) is 0 Å². The minimum absolute atomic E-state index is 0.833. The Morgan fingerprint density at radius 1 is 1.09 bits per heavy atom. The Balaban J connectivity index is 1.74. The van der Waals surface area contributed by atoms with Crippen LogP contribution in [0.25, 0.3) is 11.4 Å². The number of hydrogen-bond acceptors (Lipinski definition) is 2. The van der Waals surface area contributed by atoms with E-state index in [1.807, 2.05) is 0 Å². The average molecular weight is 308 g/mol. The van der Waals surface area contributed by atoms with Gasteiger partial charge in [-0.15, -0.1) is 0 Å². The van der Waals surface area contributed by atoms with Gasteiger partial charge < -0.3 is 0 Å². The van der Waals surface area contributed by atoms with Crippen LogP contribution in [0.5, 0.6) is 0 Å². The molecule has 0 bridgehead atoms. The highest BCUT2D eigenvalue weighted by Crippen LogP contribution is 2.28. The van der Waals surface area contributed by atoms with E-state index in [1.54, 1.807) is 0 Å². The standard InChI is InChI=1S/C21H28N2/c1-3-5-7-16-8-11-18(12-9-16)21-22-15-19-14-17(6-4-2)10-13-20(19)23-21/h8-9,11-12,15,17H,3-7,10,13-14H2,1-2H3. The summed E-state index contributed by atoms with van der Waals surface area (Å²) in [6.07, 6.45) is 11.9. The maximum Gasteiger partial charge on any atom is 0.159 e. The highest BCUT2D eigenvalue weighted by atomic mass is 14.9. The molecule has 23 heavy (non-hydrogen) atoms. The van der Waals surface area contributed by atoms with Crippen molar-refractivity contribution in [2.24, 2.45) is 5.92 Å². The number of unbranched alkanes of at least 4 members (excludes halogenated alkanes) is 1. The van der Waals surface area contributed by atoms with Crippen molar-refractivity contribution in [1.82, 2.24) is 9.97 Å². The summed E-state index contributed by atoms with van der Waals surface area (Å²) < 4.78 is 0. The molecular weight excluding hydrogens is 280 g/mol. The van der Waals surface area contributed by atoms with E-state index in [1.165, 1.54) is 61.8 Å². The number of benzene rings is 1. The molecule has 2 aromatic rings. The van der Waals surface area contributed by atoms with Crippen molar-refractivity contribution in [3.8, 4) is 11.4 Å². The van der Waals surface area contributed by atoms with Crippen LogP contribution in [0.1, 0.15) is 62.8 Å². The maximum atomic E-state index is 4.86. The Hall–Kier alpha value is -1.70. The van der Waals surface area contributed by atoms with Gasteiger partial charge in [-0.3, -0.25) is 0 Å². The van der Waals surface area contributed by atoms with Gasteiger partial charge in [0.25, 0.3) is 0 Å². The Morgan fingerprint density at radius 2 is 1.91 bits per heavy atom. The lowest BCUT2D eigenvalue weighted by molar-refractivity contribution is 0.417. The van der Waals surface area contributed by atoms with Crippen LogP contribution in [-0.2, 0) is 19.3 Å². The van der Waals surface area contributed by atoms with Gasteiger partial charge in [0.15, 0.2) is 5.82 Å². The lowest BCUT2D eigenvalue weighted by Crippen LogP contribution is -2.16. The SMILES string of the molecule is CCCCc1ccc(-c2ncc3c(n2)CCC(CCC)C3)cc1. The monoisotopic (exact) mass is 308 g/mol. The van der Waals surface area contributed by atoms with Gasteiger partial charge in [-0.1, -0.05) is 57.4 Å². The first-order valence-electron chi connectivity index (χ1n) is 9.24. The van der Waals surface area contributed by atoms with Crippen molar-refractivity contribution in [2.45, 2.75) is 65.2 Å². The summed E-state index contributed by atoms with van der Waals surface area (Å²) in [6, 6.07) is 8.81. The number of rotatable bonds is 6. The van der Waals surface area contributed by atoms with Crippen LogP contribution in [0, 0.1) is 5.92 Å². The lowest BCUT2D eigenvalue weighted by Gasteiger charge is -2.23. The molecule has 2 heteroatoms. The van der Waals surface area contributed by atoms with Crippen LogP contribution in [0.3, 0.4) is 0 Å². The van der Waals surface area contributed by atoms with Gasteiger partial charge in [0.05, 0.1) is 0 Å². The summed E-state index contributed by atoms with van der Waals surface area (Å²) in [7, 11) is 0. The number of aryl methyl sites for hydroxylation is 2. The summed E-state index contributed by atoms with van der Waals surface area (Å²) in [4.78, 5) is 9.50. The fraction of sp³-hybridized carbons (Fsp3) is 0.524. The van der Waals surface area contributed by atoms with Crippen LogP contribution in [0.15, 0.2) is 30.5 Å². The van der Waals surface area contributed by atoms with Crippen molar-refractivity contribution in [3.05, 3.63) is 47.3 Å². The minimum Gasteiger partial charge on any atom is -0.236 e. The Kier molecular flexibility index (Phi) is 5.43. The zero-order valence-corrected chi connectivity index (χ0v) is 14.5. The van der Waals surface area contributed by atoms with Gasteiger partial charge in [0.1, 0.15) is 0 Å². The van der Waals surface area contributed by atoms with Gasteiger partial charge in [-0.25, -0.2) is 9.97 Å². The lowest BCUT2D eigenvalue weighted by atomic mass is 9.84. The van der Waals surface area contributed by atoms with Gasteiger partial charge in [-0.05, 0) is 49.1 Å². The smallest absolute Gasteiger partial charge is 0.159 e. The van der Waals surface area contributed by atoms with Crippen molar-refractivity contribution < 1.29 is 0 Å². The quantitative estimate of drug-likeness (QED) is 0.715. The predicted molar refractivity (Wildman–Crippen MR) is 96.5 cm³/mol. The van der Waals surface area contributed by atoms with E-state index in [-0.39, 0.29) is 0 Å². The van der Waals surface area contributed by atoms with E-state index in [4.69, 9.17) is 4.98 Å². The molecule has 0 N–H and O–H groups in total. The first-order chi connectivity index (χ1) is 11.3. The Morgan fingerprint density at radius 3 is 2.65 bits per heavy atom. The molecule has 1 aromatic carbocycles. The minimum atomic E-state index is 0.833. The number of nitrogens with zero attached hydrogens (tertiary/aromatic N) is 2. The molecular formula is C21H28N2. The number of aromatic nitrogens is 2. The molecule has 0 saturated carbocycles. The van der Waals surface area contributed by atoms with E-state index in [9.17, 15) is 0 Å².